The molecule has 0 atom stereocenters. The van der Waals surface area contributed by atoms with Gasteiger partial charge in [0.1, 0.15) is 0 Å². The van der Waals surface area contributed by atoms with Crippen molar-refractivity contribution in [2.45, 2.75) is 77.0 Å². The summed E-state index contributed by atoms with van der Waals surface area (Å²) in [4.78, 5) is 4.80. The quantitative estimate of drug-likeness (QED) is 0.114. The predicted molar refractivity (Wildman–Crippen MR) is 471 cm³/mol. The van der Waals surface area contributed by atoms with E-state index in [2.05, 4.69) is 450 Å². The van der Waals surface area contributed by atoms with Crippen molar-refractivity contribution in [2.75, 3.05) is 9.80 Å². The summed E-state index contributed by atoms with van der Waals surface area (Å²) in [6, 6.07) is 142. The third kappa shape index (κ3) is 10.8. The van der Waals surface area contributed by atoms with Crippen molar-refractivity contribution in [1.29, 1.82) is 0 Å². The maximum atomic E-state index is 2.51. The molecule has 0 aliphatic heterocycles. The highest BCUT2D eigenvalue weighted by Crippen LogP contribution is 2.60. The Hall–Kier alpha value is -13.3. The van der Waals surface area contributed by atoms with Gasteiger partial charge in [0.25, 0.3) is 0 Å². The lowest BCUT2D eigenvalue weighted by Gasteiger charge is -2.35. The van der Waals surface area contributed by atoms with Crippen molar-refractivity contribution >= 4 is 77.7 Å². The number of aromatic nitrogens is 2. The zero-order chi connectivity index (χ0) is 75.8. The summed E-state index contributed by atoms with van der Waals surface area (Å²) >= 11 is 0. The molecule has 0 bridgehead atoms. The smallest absolute Gasteiger partial charge is 0.0713 e. The van der Waals surface area contributed by atoms with Gasteiger partial charge in [0.2, 0.25) is 0 Å². The Morgan fingerprint density at radius 3 is 0.804 bits per heavy atom. The number of aryl methyl sites for hydroxylation is 2. The van der Waals surface area contributed by atoms with Gasteiger partial charge in [0, 0.05) is 67.0 Å². The van der Waals surface area contributed by atoms with Crippen molar-refractivity contribution in [3.63, 3.8) is 0 Å². The molecule has 2 heterocycles. The monoisotopic (exact) mass is 1440 g/mol. The first-order valence-corrected chi connectivity index (χ1v) is 39.4. The van der Waals surface area contributed by atoms with Gasteiger partial charge >= 0.3 is 0 Å². The van der Waals surface area contributed by atoms with Crippen LogP contribution in [0.1, 0.15) is 108 Å². The molecule has 2 aliphatic carbocycles. The minimum Gasteiger partial charge on any atom is -0.311 e. The van der Waals surface area contributed by atoms with Gasteiger partial charge < -0.3 is 18.9 Å². The first-order valence-electron chi connectivity index (χ1n) is 39.4. The molecule has 20 rings (SSSR count). The van der Waals surface area contributed by atoms with Crippen molar-refractivity contribution in [1.82, 2.24) is 9.13 Å². The fourth-order valence-corrected chi connectivity index (χ4v) is 18.8. The topological polar surface area (TPSA) is 16.3 Å². The Kier molecular flexibility index (Phi) is 15.9. The molecule has 18 aromatic rings. The van der Waals surface area contributed by atoms with Gasteiger partial charge in [-0.1, -0.05) is 295 Å². The van der Waals surface area contributed by atoms with Crippen molar-refractivity contribution in [3.8, 4) is 44.8 Å². The number of hydrogen-bond donors (Lipinski definition) is 0. The van der Waals surface area contributed by atoms with Crippen LogP contribution in [0.3, 0.4) is 0 Å². The molecule has 538 valence electrons. The molecule has 4 heteroatoms. The Balaban J connectivity index is 0.744. The zero-order valence-corrected chi connectivity index (χ0v) is 64.6. The van der Waals surface area contributed by atoms with Crippen molar-refractivity contribution in [2.24, 2.45) is 0 Å². The van der Waals surface area contributed by atoms with E-state index in [1.807, 2.05) is 0 Å². The lowest BCUT2D eigenvalue weighted by atomic mass is 9.67. The van der Waals surface area contributed by atoms with E-state index in [9.17, 15) is 0 Å². The predicted octanol–water partition coefficient (Wildman–Crippen LogP) is 28.4. The summed E-state index contributed by atoms with van der Waals surface area (Å²) in [5.74, 6) is 0. The van der Waals surface area contributed by atoms with Gasteiger partial charge in [-0.15, -0.1) is 0 Å². The molecule has 0 saturated carbocycles. The summed E-state index contributed by atoms with van der Waals surface area (Å²) in [6.45, 7) is 18.0. The van der Waals surface area contributed by atoms with Crippen LogP contribution in [0.5, 0.6) is 0 Å². The number of fused-ring (bicyclic) bond motifs is 12. The molecule has 0 saturated heterocycles. The molecular weight excluding hydrogens is 1350 g/mol. The van der Waals surface area contributed by atoms with E-state index in [1.165, 1.54) is 133 Å². The lowest BCUT2D eigenvalue weighted by molar-refractivity contribution is 0.590. The van der Waals surface area contributed by atoms with E-state index < -0.39 is 10.8 Å². The third-order valence-electron chi connectivity index (χ3n) is 24.4. The highest BCUT2D eigenvalue weighted by molar-refractivity contribution is 6.11. The van der Waals surface area contributed by atoms with Gasteiger partial charge in [0.05, 0.1) is 32.9 Å². The Morgan fingerprint density at radius 1 is 0.232 bits per heavy atom. The highest BCUT2D eigenvalue weighted by atomic mass is 15.1. The Bertz CT molecular complexity index is 6210. The average Bonchev–Trinajstić information content (AvgIpc) is 1.54. The van der Waals surface area contributed by atoms with Crippen LogP contribution in [0.25, 0.3) is 88.4 Å². The Labute approximate surface area is 657 Å². The second-order valence-electron chi connectivity index (χ2n) is 33.0. The van der Waals surface area contributed by atoms with Gasteiger partial charge in [0.15, 0.2) is 0 Å². The second kappa shape index (κ2) is 26.2. The number of anilines is 6. The number of hydrogen-bond acceptors (Lipinski definition) is 2. The fourth-order valence-electron chi connectivity index (χ4n) is 18.8. The SMILES string of the molecule is Cc1ccc(N(c2ccc(C)cc2)c2ccc(-c3ccc(N(c4ccc(C5(c6ccc7c(c6)c6ccccc6n7-c6ccc(C(C)(C)C)cc6)c6ccccc6-c6ccccc65)cc4)c4ccc(C5(c6ccc7c(c6)c6ccccc6n7-c6ccc(C(C)(C)C)cc6)c6ccccc6-c6ccccc65)cc4)cc3)cc2)cc1. The van der Waals surface area contributed by atoms with Crippen LogP contribution in [0.2, 0.25) is 0 Å². The van der Waals surface area contributed by atoms with Crippen LogP contribution in [-0.4, -0.2) is 9.13 Å². The number of rotatable bonds is 13. The summed E-state index contributed by atoms with van der Waals surface area (Å²) in [5, 5.41) is 4.91. The zero-order valence-electron chi connectivity index (χ0n) is 64.6. The lowest BCUT2D eigenvalue weighted by Crippen LogP contribution is -2.29. The van der Waals surface area contributed by atoms with E-state index in [0.29, 0.717) is 0 Å². The minimum absolute atomic E-state index is 0.0407. The van der Waals surface area contributed by atoms with E-state index in [0.717, 1.165) is 56.6 Å². The van der Waals surface area contributed by atoms with Crippen LogP contribution in [0.4, 0.5) is 34.1 Å². The largest absolute Gasteiger partial charge is 0.311 e. The molecule has 16 aromatic carbocycles. The van der Waals surface area contributed by atoms with Gasteiger partial charge in [-0.05, 0) is 247 Å². The summed E-state index contributed by atoms with van der Waals surface area (Å²) < 4.78 is 4.91. The van der Waals surface area contributed by atoms with E-state index in [-0.39, 0.29) is 10.8 Å². The van der Waals surface area contributed by atoms with Crippen molar-refractivity contribution < 1.29 is 0 Å². The fraction of sp³-hybridized carbons (Fsp3) is 0.111. The van der Waals surface area contributed by atoms with Gasteiger partial charge in [-0.25, -0.2) is 0 Å². The molecule has 0 unspecified atom stereocenters. The van der Waals surface area contributed by atoms with E-state index >= 15 is 0 Å². The molecule has 2 aromatic heterocycles. The van der Waals surface area contributed by atoms with Crippen LogP contribution in [0, 0.1) is 13.8 Å². The maximum Gasteiger partial charge on any atom is 0.0713 e. The molecule has 0 radical (unpaired) electrons. The van der Waals surface area contributed by atoms with Gasteiger partial charge in [-0.3, -0.25) is 0 Å². The molecule has 0 spiro atoms. The summed E-state index contributed by atoms with van der Waals surface area (Å²) in [6.07, 6.45) is 0. The highest BCUT2D eigenvalue weighted by Gasteiger charge is 2.48. The molecule has 2 aliphatic rings. The molecule has 0 fully saturated rings. The number of nitrogens with zero attached hydrogens (tertiary/aromatic N) is 4. The van der Waals surface area contributed by atoms with Crippen molar-refractivity contribution in [3.05, 3.63) is 443 Å². The van der Waals surface area contributed by atoms with E-state index in [1.54, 1.807) is 0 Å². The van der Waals surface area contributed by atoms with E-state index in [4.69, 9.17) is 0 Å². The third-order valence-corrected chi connectivity index (χ3v) is 24.4. The van der Waals surface area contributed by atoms with Gasteiger partial charge in [-0.2, -0.15) is 0 Å². The maximum absolute atomic E-state index is 2.51. The summed E-state index contributed by atoms with van der Waals surface area (Å²) in [5.41, 5.74) is 34.6. The van der Waals surface area contributed by atoms with Crippen LogP contribution in [-0.2, 0) is 21.7 Å². The molecular formula is C108H86N4. The van der Waals surface area contributed by atoms with Crippen LogP contribution >= 0.6 is 0 Å². The first-order chi connectivity index (χ1) is 54.6. The normalized spacial score (nSPS) is 13.3. The Morgan fingerprint density at radius 2 is 0.491 bits per heavy atom. The standard InChI is InChI=1S/C108H86N4/c1-71-33-51-81(52-34-71)109(82-53-35-72(2)36-54-82)83-55-37-73(38-56-83)74-39-57-84(58-40-74)110(85-63-45-77(46-64-85)107(97-27-15-9-21-89(97)90-22-10-16-28-98(90)107)79-49-67-103-95(69-79)93-25-13-19-31-101(93)111(103)87-59-41-75(42-60-87)105(3,4)5)86-65-47-78(48-66-86)108(99-29-17-11-23-91(99)92-24-12-18-30-100(92)108)80-50-68-104-96(70-80)94-26-14-20-32-102(94)112(104)88-61-43-76(44-62-88)106(6,7)8/h9-70H,1-8H3. The van der Waals surface area contributed by atoms with Crippen LogP contribution in [0.15, 0.2) is 376 Å². The number of benzene rings is 16. The molecule has 4 nitrogen and oxygen atoms in total. The summed E-state index contributed by atoms with van der Waals surface area (Å²) in [7, 11) is 0. The second-order valence-corrected chi connectivity index (χ2v) is 33.0. The van der Waals surface area contributed by atoms with Crippen LogP contribution < -0.4 is 9.80 Å². The number of para-hydroxylation sites is 2. The minimum atomic E-state index is -0.670. The molecule has 112 heavy (non-hydrogen) atoms. The molecule has 0 amide bonds. The average molecular weight is 1440 g/mol. The first kappa shape index (κ1) is 68.0. The molecule has 0 N–H and O–H groups in total.